The van der Waals surface area contributed by atoms with Crippen LogP contribution >= 0.6 is 0 Å². The molecule has 6 heterocycles. The Morgan fingerprint density at radius 1 is 0.333 bits per heavy atom. The quantitative estimate of drug-likeness (QED) is 0.171. The van der Waals surface area contributed by atoms with Crippen molar-refractivity contribution in [3.8, 4) is 46.0 Å². The fourth-order valence-electron chi connectivity index (χ4n) is 10.2. The van der Waals surface area contributed by atoms with Crippen LogP contribution in [0.25, 0.3) is 10.8 Å². The molecule has 54 heavy (non-hydrogen) atoms. The molecule has 6 aliphatic heterocycles. The molecule has 0 radical (unpaired) electrons. The maximum absolute atomic E-state index is 7.02. The van der Waals surface area contributed by atoms with Gasteiger partial charge in [-0.05, 0) is 0 Å². The van der Waals surface area contributed by atoms with Gasteiger partial charge >= 0.3 is 320 Å². The van der Waals surface area contributed by atoms with Crippen molar-refractivity contribution < 1.29 is 18.9 Å². The number of benzene rings is 8. The van der Waals surface area contributed by atoms with Crippen molar-refractivity contribution in [2.45, 2.75) is 0 Å². The van der Waals surface area contributed by atoms with E-state index >= 15 is 0 Å². The maximum atomic E-state index is 7.02. The summed E-state index contributed by atoms with van der Waals surface area (Å²) in [7, 11) is 0. The molecule has 8 aromatic carbocycles. The molecule has 8 aromatic rings. The van der Waals surface area contributed by atoms with E-state index in [1.54, 1.807) is 0 Å². The minimum atomic E-state index is -2.83. The first-order chi connectivity index (χ1) is 26.8. The SMILES string of the molecule is c1ccc(N2c3cccc4[c]3[GeH]3[c]5c(cccc5Oc5cc6cc7[c]8c(c6c2[c]53)N(c2ccccc2)c2cccc3[c]2[GeH]8[c]2c(cccc2O7)O3)O4)cc1. The number of anilines is 6. The van der Waals surface area contributed by atoms with Crippen LogP contribution in [0.1, 0.15) is 0 Å². The third-order valence-corrected chi connectivity index (χ3v) is 26.5. The standard InChI is InChI=1S/C46H26Ge2N2O4/c1-3-11-26(12-4-1)49-28-15-7-17-30-39(28)47-41-32(51-30)19-9-21-34(41)53-36-23-25-24-37-44-46(38(25)45(49)43(36)47)50(27-13-5-2-6-14-27)29-16-8-18-31-40(29)48(44)42-33(52-31)20-10-22-35(42)54-37/h1-24,47-48H. The Hall–Kier alpha value is -6.09. The summed E-state index contributed by atoms with van der Waals surface area (Å²) in [6.07, 6.45) is 0. The molecule has 0 aromatic heterocycles. The molecule has 0 saturated carbocycles. The van der Waals surface area contributed by atoms with Crippen LogP contribution in [0.2, 0.25) is 0 Å². The Bertz CT molecular complexity index is 2840. The normalized spacial score (nSPS) is 17.4. The summed E-state index contributed by atoms with van der Waals surface area (Å²) >= 11 is -5.66. The van der Waals surface area contributed by atoms with Crippen molar-refractivity contribution in [2.24, 2.45) is 0 Å². The Balaban J connectivity index is 1.20. The third kappa shape index (κ3) is 3.36. The van der Waals surface area contributed by atoms with E-state index in [1.165, 1.54) is 54.5 Å². The summed E-state index contributed by atoms with van der Waals surface area (Å²) in [5, 5.41) is 2.33. The summed E-state index contributed by atoms with van der Waals surface area (Å²) in [4.78, 5) is 5.01. The number of hydrogen-bond acceptors (Lipinski definition) is 6. The number of nitrogens with zero attached hydrogens (tertiary/aromatic N) is 2. The zero-order chi connectivity index (χ0) is 34.8. The molecule has 0 bridgehead atoms. The van der Waals surface area contributed by atoms with Gasteiger partial charge in [0.1, 0.15) is 0 Å². The van der Waals surface area contributed by atoms with Crippen LogP contribution in [-0.4, -0.2) is 28.7 Å². The summed E-state index contributed by atoms with van der Waals surface area (Å²) < 4.78 is 35.5. The molecule has 8 heteroatoms. The molecule has 0 spiro atoms. The monoisotopic (exact) mass is 818 g/mol. The van der Waals surface area contributed by atoms with Crippen LogP contribution in [0.3, 0.4) is 0 Å². The third-order valence-electron chi connectivity index (χ3n) is 12.1. The van der Waals surface area contributed by atoms with Crippen LogP contribution in [0.4, 0.5) is 34.1 Å². The Morgan fingerprint density at radius 2 is 0.704 bits per heavy atom. The van der Waals surface area contributed by atoms with Gasteiger partial charge in [-0.2, -0.15) is 0 Å². The van der Waals surface area contributed by atoms with E-state index in [0.717, 1.165) is 62.8 Å². The van der Waals surface area contributed by atoms with E-state index in [9.17, 15) is 0 Å². The molecule has 14 rings (SSSR count). The molecule has 6 aliphatic rings. The second-order valence-corrected chi connectivity index (χ2v) is 25.6. The molecular formula is C46H26Ge2N2O4. The van der Waals surface area contributed by atoms with Gasteiger partial charge in [0.15, 0.2) is 0 Å². The number of para-hydroxylation sites is 2. The first-order valence-electron chi connectivity index (χ1n) is 18.4. The number of ether oxygens (including phenoxy) is 4. The minimum absolute atomic E-state index is 0.922. The van der Waals surface area contributed by atoms with Crippen LogP contribution in [-0.2, 0) is 0 Å². The van der Waals surface area contributed by atoms with Gasteiger partial charge in [-0.15, -0.1) is 0 Å². The van der Waals surface area contributed by atoms with Gasteiger partial charge in [0.25, 0.3) is 0 Å². The Labute approximate surface area is 318 Å². The van der Waals surface area contributed by atoms with Gasteiger partial charge in [0.05, 0.1) is 0 Å². The molecule has 2 atom stereocenters. The van der Waals surface area contributed by atoms with Gasteiger partial charge in [-0.1, -0.05) is 0 Å². The van der Waals surface area contributed by atoms with Crippen molar-refractivity contribution in [3.63, 3.8) is 0 Å². The first kappa shape index (κ1) is 28.4. The average Bonchev–Trinajstić information content (AvgIpc) is 3.21. The van der Waals surface area contributed by atoms with Crippen molar-refractivity contribution >= 4 is 100.0 Å². The molecule has 0 aliphatic carbocycles. The summed E-state index contributed by atoms with van der Waals surface area (Å²) in [6, 6.07) is 52.1. The van der Waals surface area contributed by atoms with Crippen molar-refractivity contribution in [2.75, 3.05) is 9.80 Å². The summed E-state index contributed by atoms with van der Waals surface area (Å²) in [5.41, 5.74) is 7.05. The molecule has 0 fully saturated rings. The molecule has 6 nitrogen and oxygen atoms in total. The van der Waals surface area contributed by atoms with Gasteiger partial charge in [0.2, 0.25) is 0 Å². The predicted octanol–water partition coefficient (Wildman–Crippen LogP) is 7.33. The summed E-state index contributed by atoms with van der Waals surface area (Å²) in [5.74, 6) is 7.53. The number of hydrogen-bond donors (Lipinski definition) is 0. The van der Waals surface area contributed by atoms with Crippen LogP contribution in [0.15, 0.2) is 146 Å². The fraction of sp³-hybridized carbons (Fsp3) is 0. The Kier molecular flexibility index (Phi) is 5.21. The van der Waals surface area contributed by atoms with E-state index in [0.29, 0.717) is 0 Å². The molecular weight excluding hydrogens is 790 g/mol. The van der Waals surface area contributed by atoms with E-state index in [-0.39, 0.29) is 0 Å². The number of fused-ring (bicyclic) bond motifs is 3. The van der Waals surface area contributed by atoms with Crippen LogP contribution < -0.4 is 55.1 Å². The number of rotatable bonds is 2. The van der Waals surface area contributed by atoms with E-state index < -0.39 is 28.7 Å². The summed E-state index contributed by atoms with van der Waals surface area (Å²) in [6.45, 7) is 0. The topological polar surface area (TPSA) is 43.4 Å². The fourth-order valence-corrected chi connectivity index (χ4v) is 25.6. The van der Waals surface area contributed by atoms with Crippen molar-refractivity contribution in [1.82, 2.24) is 0 Å². The van der Waals surface area contributed by atoms with E-state index in [1.807, 2.05) is 0 Å². The molecule has 0 amide bonds. The predicted molar refractivity (Wildman–Crippen MR) is 219 cm³/mol. The average molecular weight is 816 g/mol. The van der Waals surface area contributed by atoms with Crippen LogP contribution in [0, 0.1) is 0 Å². The van der Waals surface area contributed by atoms with Gasteiger partial charge in [-0.25, -0.2) is 0 Å². The molecule has 2 unspecified atom stereocenters. The Morgan fingerprint density at radius 3 is 1.13 bits per heavy atom. The zero-order valence-electron chi connectivity index (χ0n) is 28.5. The van der Waals surface area contributed by atoms with E-state index in [4.69, 9.17) is 18.9 Å². The molecule has 252 valence electrons. The molecule has 0 N–H and O–H groups in total. The van der Waals surface area contributed by atoms with Gasteiger partial charge < -0.3 is 0 Å². The van der Waals surface area contributed by atoms with Gasteiger partial charge in [-0.3, -0.25) is 0 Å². The second kappa shape index (κ2) is 9.90. The zero-order valence-corrected chi connectivity index (χ0v) is 33.4. The van der Waals surface area contributed by atoms with Gasteiger partial charge in [0, 0.05) is 0 Å². The van der Waals surface area contributed by atoms with Crippen molar-refractivity contribution in [3.05, 3.63) is 146 Å². The molecule has 0 saturated heterocycles. The second-order valence-electron chi connectivity index (χ2n) is 14.7. The van der Waals surface area contributed by atoms with Crippen LogP contribution in [0.5, 0.6) is 46.0 Å². The van der Waals surface area contributed by atoms with Crippen molar-refractivity contribution in [1.29, 1.82) is 0 Å². The first-order valence-corrected chi connectivity index (χ1v) is 25.7. The van der Waals surface area contributed by atoms with E-state index in [2.05, 4.69) is 155 Å².